The fourth-order valence-electron chi connectivity index (χ4n) is 1.78. The van der Waals surface area contributed by atoms with Crippen LogP contribution in [0.25, 0.3) is 0 Å². The van der Waals surface area contributed by atoms with Crippen molar-refractivity contribution in [1.29, 1.82) is 0 Å². The minimum Gasteiger partial charge on any atom is -0.467 e. The average Bonchev–Trinajstić information content (AvgIpc) is 2.69. The molecule has 1 aliphatic heterocycles. The van der Waals surface area contributed by atoms with Crippen LogP contribution < -0.4 is 10.1 Å². The van der Waals surface area contributed by atoms with Crippen LogP contribution >= 0.6 is 0 Å². The number of methoxy groups -OCH3 is 1. The predicted molar refractivity (Wildman–Crippen MR) is 64.4 cm³/mol. The molecule has 2 heterocycles. The van der Waals surface area contributed by atoms with E-state index in [4.69, 9.17) is 9.47 Å². The largest absolute Gasteiger partial charge is 0.467 e. The van der Waals surface area contributed by atoms with Gasteiger partial charge in [0.15, 0.2) is 0 Å². The molecule has 1 amide bonds. The van der Waals surface area contributed by atoms with Gasteiger partial charge in [0.2, 0.25) is 0 Å². The highest BCUT2D eigenvalue weighted by molar-refractivity contribution is 5.93. The smallest absolute Gasteiger partial charge is 0.316 e. The summed E-state index contributed by atoms with van der Waals surface area (Å²) in [5.74, 6) is -0.193. The second-order valence-corrected chi connectivity index (χ2v) is 4.99. The van der Waals surface area contributed by atoms with E-state index >= 15 is 0 Å². The number of hydrogen-bond acceptors (Lipinski definition) is 5. The SMILES string of the molecule is COc1ncc(C(=O)NC2COCC2(C)C)cn1. The van der Waals surface area contributed by atoms with Gasteiger partial charge in [-0.1, -0.05) is 13.8 Å². The van der Waals surface area contributed by atoms with Crippen molar-refractivity contribution in [3.63, 3.8) is 0 Å². The van der Waals surface area contributed by atoms with Crippen LogP contribution in [0.5, 0.6) is 6.01 Å². The van der Waals surface area contributed by atoms with Crippen molar-refractivity contribution in [2.24, 2.45) is 5.41 Å². The average molecular weight is 251 g/mol. The molecular formula is C12H17N3O3. The number of hydrogen-bond donors (Lipinski definition) is 1. The lowest BCUT2D eigenvalue weighted by atomic mass is 9.88. The van der Waals surface area contributed by atoms with Gasteiger partial charge in [0, 0.05) is 17.8 Å². The highest BCUT2D eigenvalue weighted by Crippen LogP contribution is 2.27. The third-order valence-electron chi connectivity index (χ3n) is 3.08. The van der Waals surface area contributed by atoms with Crippen molar-refractivity contribution in [3.8, 4) is 6.01 Å². The van der Waals surface area contributed by atoms with Crippen LogP contribution in [-0.2, 0) is 4.74 Å². The zero-order valence-corrected chi connectivity index (χ0v) is 10.8. The zero-order chi connectivity index (χ0) is 13.2. The summed E-state index contributed by atoms with van der Waals surface area (Å²) >= 11 is 0. The Hall–Kier alpha value is -1.69. The second kappa shape index (κ2) is 4.89. The van der Waals surface area contributed by atoms with Gasteiger partial charge in [0.1, 0.15) is 0 Å². The monoisotopic (exact) mass is 251 g/mol. The Morgan fingerprint density at radius 3 is 2.67 bits per heavy atom. The minimum atomic E-state index is -0.193. The normalized spacial score (nSPS) is 21.6. The lowest BCUT2D eigenvalue weighted by Gasteiger charge is -2.25. The maximum Gasteiger partial charge on any atom is 0.316 e. The van der Waals surface area contributed by atoms with Crippen molar-refractivity contribution >= 4 is 5.91 Å². The first-order valence-corrected chi connectivity index (χ1v) is 5.77. The van der Waals surface area contributed by atoms with Crippen LogP contribution in [0, 0.1) is 5.41 Å². The lowest BCUT2D eigenvalue weighted by molar-refractivity contribution is 0.0914. The van der Waals surface area contributed by atoms with Crippen molar-refractivity contribution in [1.82, 2.24) is 15.3 Å². The number of amides is 1. The van der Waals surface area contributed by atoms with E-state index in [2.05, 4.69) is 29.1 Å². The van der Waals surface area contributed by atoms with Crippen molar-refractivity contribution in [2.45, 2.75) is 19.9 Å². The summed E-state index contributed by atoms with van der Waals surface area (Å²) in [6.07, 6.45) is 2.90. The fraction of sp³-hybridized carbons (Fsp3) is 0.583. The number of nitrogens with zero attached hydrogens (tertiary/aromatic N) is 2. The van der Waals surface area contributed by atoms with Crippen molar-refractivity contribution in [2.75, 3.05) is 20.3 Å². The van der Waals surface area contributed by atoms with Gasteiger partial charge >= 0.3 is 6.01 Å². The number of aromatic nitrogens is 2. The Bertz CT molecular complexity index is 431. The minimum absolute atomic E-state index is 0.00658. The number of nitrogens with one attached hydrogen (secondary N) is 1. The summed E-state index contributed by atoms with van der Waals surface area (Å²) in [4.78, 5) is 19.8. The molecule has 6 heteroatoms. The molecule has 0 bridgehead atoms. The molecule has 0 aliphatic carbocycles. The molecule has 1 fully saturated rings. The van der Waals surface area contributed by atoms with Crippen LogP contribution in [0.4, 0.5) is 0 Å². The van der Waals surface area contributed by atoms with Gasteiger partial charge in [-0.25, -0.2) is 9.97 Å². The van der Waals surface area contributed by atoms with Gasteiger partial charge in [-0.3, -0.25) is 4.79 Å². The van der Waals surface area contributed by atoms with E-state index in [9.17, 15) is 4.79 Å². The maximum absolute atomic E-state index is 12.0. The molecule has 18 heavy (non-hydrogen) atoms. The Morgan fingerprint density at radius 1 is 1.50 bits per heavy atom. The molecule has 6 nitrogen and oxygen atoms in total. The number of carbonyl (C=O) groups is 1. The van der Waals surface area contributed by atoms with Gasteiger partial charge < -0.3 is 14.8 Å². The van der Waals surface area contributed by atoms with Crippen molar-refractivity contribution in [3.05, 3.63) is 18.0 Å². The molecule has 1 saturated heterocycles. The first-order chi connectivity index (χ1) is 8.53. The molecule has 1 N–H and O–H groups in total. The first-order valence-electron chi connectivity index (χ1n) is 5.77. The molecule has 1 aromatic rings. The van der Waals surface area contributed by atoms with E-state index in [1.54, 1.807) is 0 Å². The highest BCUT2D eigenvalue weighted by atomic mass is 16.5. The van der Waals surface area contributed by atoms with Crippen molar-refractivity contribution < 1.29 is 14.3 Å². The topological polar surface area (TPSA) is 73.3 Å². The predicted octanol–water partition coefficient (Wildman–Crippen LogP) is 0.640. The number of carbonyl (C=O) groups excluding carboxylic acids is 1. The molecular weight excluding hydrogens is 234 g/mol. The van der Waals surface area contributed by atoms with Gasteiger partial charge in [-0.05, 0) is 0 Å². The third-order valence-corrected chi connectivity index (χ3v) is 3.08. The Labute approximate surface area is 106 Å². The summed E-state index contributed by atoms with van der Waals surface area (Å²) in [5, 5.41) is 2.94. The zero-order valence-electron chi connectivity index (χ0n) is 10.8. The second-order valence-electron chi connectivity index (χ2n) is 4.99. The standard InChI is InChI=1S/C12H17N3O3/c1-12(2)7-18-6-9(12)15-10(16)8-4-13-11(17-3)14-5-8/h4-5,9H,6-7H2,1-3H3,(H,15,16). The summed E-state index contributed by atoms with van der Waals surface area (Å²) in [6, 6.07) is 0.253. The third kappa shape index (κ3) is 2.59. The van der Waals surface area contributed by atoms with Crippen LogP contribution in [-0.4, -0.2) is 42.2 Å². The van der Waals surface area contributed by atoms with E-state index in [0.29, 0.717) is 18.8 Å². The van der Waals surface area contributed by atoms with E-state index in [-0.39, 0.29) is 23.4 Å². The van der Waals surface area contributed by atoms with Gasteiger partial charge in [-0.15, -0.1) is 0 Å². The molecule has 2 rings (SSSR count). The van der Waals surface area contributed by atoms with Crippen LogP contribution in [0.3, 0.4) is 0 Å². The van der Waals surface area contributed by atoms with Gasteiger partial charge in [-0.2, -0.15) is 0 Å². The molecule has 1 aromatic heterocycles. The quantitative estimate of drug-likeness (QED) is 0.853. The van der Waals surface area contributed by atoms with Gasteiger partial charge in [0.25, 0.3) is 5.91 Å². The highest BCUT2D eigenvalue weighted by Gasteiger charge is 2.36. The molecule has 0 spiro atoms. The molecule has 0 aromatic carbocycles. The number of rotatable bonds is 3. The van der Waals surface area contributed by atoms with Crippen LogP contribution in [0.1, 0.15) is 24.2 Å². The summed E-state index contributed by atoms with van der Waals surface area (Å²) in [5.41, 5.74) is 0.363. The van der Waals surface area contributed by atoms with Gasteiger partial charge in [0.05, 0.1) is 31.9 Å². The molecule has 0 saturated carbocycles. The van der Waals surface area contributed by atoms with Crippen LogP contribution in [0.15, 0.2) is 12.4 Å². The summed E-state index contributed by atoms with van der Waals surface area (Å²) in [6.45, 7) is 5.32. The van der Waals surface area contributed by atoms with Crippen LogP contribution in [0.2, 0.25) is 0 Å². The molecule has 0 radical (unpaired) electrons. The fourth-order valence-corrected chi connectivity index (χ4v) is 1.78. The van der Waals surface area contributed by atoms with E-state index in [1.807, 2.05) is 0 Å². The molecule has 1 unspecified atom stereocenters. The molecule has 98 valence electrons. The summed E-state index contributed by atoms with van der Waals surface area (Å²) < 4.78 is 10.2. The Kier molecular flexibility index (Phi) is 3.47. The maximum atomic E-state index is 12.0. The Balaban J connectivity index is 2.03. The van der Waals surface area contributed by atoms with E-state index in [0.717, 1.165) is 0 Å². The summed E-state index contributed by atoms with van der Waals surface area (Å²) in [7, 11) is 1.48. The molecule has 1 aliphatic rings. The lowest BCUT2D eigenvalue weighted by Crippen LogP contribution is -2.44. The molecule has 1 atom stereocenters. The first kappa shape index (κ1) is 12.8. The van der Waals surface area contributed by atoms with E-state index in [1.165, 1.54) is 19.5 Å². The number of ether oxygens (including phenoxy) is 2. The van der Waals surface area contributed by atoms with E-state index < -0.39 is 0 Å². The Morgan fingerprint density at radius 2 is 2.17 bits per heavy atom.